The van der Waals surface area contributed by atoms with Gasteiger partial charge in [0.2, 0.25) is 5.91 Å². The molecule has 6 nitrogen and oxygen atoms in total. The Morgan fingerprint density at radius 1 is 1.34 bits per heavy atom. The van der Waals surface area contributed by atoms with Crippen LogP contribution in [-0.2, 0) is 14.0 Å². The molecule has 160 valence electrons. The van der Waals surface area contributed by atoms with Crippen molar-refractivity contribution >= 4 is 20.3 Å². The van der Waals surface area contributed by atoms with Crippen LogP contribution >= 0.6 is 0 Å². The fourth-order valence-electron chi connectivity index (χ4n) is 2.79. The Morgan fingerprint density at radius 3 is 2.55 bits per heavy atom. The number of carbonyl (C=O) groups is 2. The van der Waals surface area contributed by atoms with Gasteiger partial charge in [0.05, 0.1) is 18.6 Å². The van der Waals surface area contributed by atoms with E-state index in [4.69, 9.17) is 9.16 Å². The topological polar surface area (TPSA) is 76.1 Å². The molecule has 0 saturated carbocycles. The molecular formula is C22H33NO5Si. The lowest BCUT2D eigenvalue weighted by atomic mass is 10.0. The SMILES string of the molecule is C[C@@H](C(=O)N1C(=O)OC[C@H]1c1ccccc1)[C@@H](O)/C=C/CO[Si](C)(C)C(C)(C)C. The molecule has 0 aromatic heterocycles. The van der Waals surface area contributed by atoms with E-state index < -0.39 is 38.4 Å². The molecule has 1 saturated heterocycles. The Hall–Kier alpha value is -1.96. The van der Waals surface area contributed by atoms with E-state index in [9.17, 15) is 14.7 Å². The molecule has 0 aliphatic carbocycles. The normalized spacial score (nSPS) is 20.0. The first-order chi connectivity index (χ1) is 13.5. The van der Waals surface area contributed by atoms with Gasteiger partial charge in [0.15, 0.2) is 8.32 Å². The third-order valence-corrected chi connectivity index (χ3v) is 10.4. The molecule has 1 heterocycles. The quantitative estimate of drug-likeness (QED) is 0.527. The maximum atomic E-state index is 12.9. The molecule has 1 aliphatic heterocycles. The van der Waals surface area contributed by atoms with Gasteiger partial charge >= 0.3 is 6.09 Å². The van der Waals surface area contributed by atoms with E-state index in [0.29, 0.717) is 6.61 Å². The molecule has 1 aromatic rings. The third-order valence-electron chi connectivity index (χ3n) is 5.88. The lowest BCUT2D eigenvalue weighted by Gasteiger charge is -2.35. The largest absolute Gasteiger partial charge is 0.446 e. The number of amides is 2. The number of ether oxygens (including phenoxy) is 1. The Balaban J connectivity index is 2.00. The van der Waals surface area contributed by atoms with Crippen LogP contribution in [0.4, 0.5) is 4.79 Å². The Kier molecular flexibility index (Phi) is 7.43. The maximum Gasteiger partial charge on any atom is 0.417 e. The minimum atomic E-state index is -1.87. The van der Waals surface area contributed by atoms with Gasteiger partial charge in [0.1, 0.15) is 12.6 Å². The number of hydrogen-bond acceptors (Lipinski definition) is 5. The first-order valence-electron chi connectivity index (χ1n) is 9.99. The number of aliphatic hydroxyl groups excluding tert-OH is 1. The highest BCUT2D eigenvalue weighted by Crippen LogP contribution is 2.36. The molecule has 1 N–H and O–H groups in total. The van der Waals surface area contributed by atoms with E-state index in [1.54, 1.807) is 19.1 Å². The molecule has 2 rings (SSSR count). The van der Waals surface area contributed by atoms with Crippen LogP contribution < -0.4 is 0 Å². The molecule has 1 fully saturated rings. The molecule has 1 aliphatic rings. The summed E-state index contributed by atoms with van der Waals surface area (Å²) in [5.41, 5.74) is 0.826. The first kappa shape index (κ1) is 23.3. The summed E-state index contributed by atoms with van der Waals surface area (Å²) in [6.45, 7) is 12.9. The van der Waals surface area contributed by atoms with E-state index in [1.165, 1.54) is 0 Å². The van der Waals surface area contributed by atoms with Crippen LogP contribution in [0, 0.1) is 5.92 Å². The summed E-state index contributed by atoms with van der Waals surface area (Å²) < 4.78 is 11.2. The van der Waals surface area contributed by atoms with Gasteiger partial charge in [-0.1, -0.05) is 70.2 Å². The second-order valence-electron chi connectivity index (χ2n) is 8.99. The number of benzene rings is 1. The van der Waals surface area contributed by atoms with E-state index in [0.717, 1.165) is 10.5 Å². The summed E-state index contributed by atoms with van der Waals surface area (Å²) in [5, 5.41) is 10.6. The van der Waals surface area contributed by atoms with Crippen LogP contribution in [0.5, 0.6) is 0 Å². The number of rotatable bonds is 7. The predicted octanol–water partition coefficient (Wildman–Crippen LogP) is 4.28. The van der Waals surface area contributed by atoms with Crippen LogP contribution in [0.15, 0.2) is 42.5 Å². The zero-order valence-electron chi connectivity index (χ0n) is 18.2. The van der Waals surface area contributed by atoms with Gasteiger partial charge in [-0.15, -0.1) is 0 Å². The van der Waals surface area contributed by atoms with E-state index in [2.05, 4.69) is 33.9 Å². The Morgan fingerprint density at radius 2 is 1.97 bits per heavy atom. The smallest absolute Gasteiger partial charge is 0.417 e. The lowest BCUT2D eigenvalue weighted by molar-refractivity contribution is -0.135. The van der Waals surface area contributed by atoms with Gasteiger partial charge < -0.3 is 14.3 Å². The molecule has 29 heavy (non-hydrogen) atoms. The summed E-state index contributed by atoms with van der Waals surface area (Å²) in [4.78, 5) is 26.2. The highest BCUT2D eigenvalue weighted by atomic mass is 28.4. The standard InChI is InChI=1S/C22H33NO5Si/c1-16(19(24)13-10-14-28-29(5,6)22(2,3)4)20(25)23-18(15-27-21(23)26)17-11-8-7-9-12-17/h7-13,16,18-19,24H,14-15H2,1-6H3/b13-10+/t16-,18+,19+/m1/s1. The van der Waals surface area contributed by atoms with Crippen molar-refractivity contribution in [2.45, 2.75) is 58.0 Å². The summed E-state index contributed by atoms with van der Waals surface area (Å²) >= 11 is 0. The van der Waals surface area contributed by atoms with E-state index in [-0.39, 0.29) is 11.6 Å². The molecule has 0 bridgehead atoms. The van der Waals surface area contributed by atoms with Crippen molar-refractivity contribution < 1.29 is 23.9 Å². The fourth-order valence-corrected chi connectivity index (χ4v) is 3.73. The summed E-state index contributed by atoms with van der Waals surface area (Å²) in [7, 11) is -1.87. The summed E-state index contributed by atoms with van der Waals surface area (Å²) in [6.07, 6.45) is 1.61. The molecule has 1 aromatic carbocycles. The fraction of sp³-hybridized carbons (Fsp3) is 0.545. The van der Waals surface area contributed by atoms with E-state index >= 15 is 0 Å². The van der Waals surface area contributed by atoms with Crippen molar-refractivity contribution in [3.63, 3.8) is 0 Å². The third kappa shape index (κ3) is 5.56. The van der Waals surface area contributed by atoms with Crippen LogP contribution in [0.25, 0.3) is 0 Å². The number of cyclic esters (lactones) is 1. The van der Waals surface area contributed by atoms with Crippen molar-refractivity contribution in [1.82, 2.24) is 4.90 Å². The van der Waals surface area contributed by atoms with Gasteiger partial charge in [0, 0.05) is 0 Å². The molecule has 0 unspecified atom stereocenters. The highest BCUT2D eigenvalue weighted by Gasteiger charge is 2.41. The predicted molar refractivity (Wildman–Crippen MR) is 115 cm³/mol. The minimum Gasteiger partial charge on any atom is -0.446 e. The zero-order chi connectivity index (χ0) is 21.8. The van der Waals surface area contributed by atoms with Crippen molar-refractivity contribution in [2.24, 2.45) is 5.92 Å². The van der Waals surface area contributed by atoms with Gasteiger partial charge in [0.25, 0.3) is 0 Å². The average Bonchev–Trinajstić information content (AvgIpc) is 3.05. The number of hydrogen-bond donors (Lipinski definition) is 1. The average molecular weight is 420 g/mol. The molecule has 3 atom stereocenters. The number of carbonyl (C=O) groups excluding carboxylic acids is 2. The molecular weight excluding hydrogens is 386 g/mol. The van der Waals surface area contributed by atoms with Crippen molar-refractivity contribution in [1.29, 1.82) is 0 Å². The van der Waals surface area contributed by atoms with Crippen LogP contribution in [0.1, 0.15) is 39.3 Å². The second kappa shape index (κ2) is 9.24. The Bertz CT molecular complexity index is 741. The zero-order valence-corrected chi connectivity index (χ0v) is 19.2. The van der Waals surface area contributed by atoms with Gasteiger partial charge in [-0.05, 0) is 23.7 Å². The van der Waals surface area contributed by atoms with Crippen molar-refractivity contribution in [3.05, 3.63) is 48.0 Å². The monoisotopic (exact) mass is 419 g/mol. The lowest BCUT2D eigenvalue weighted by Crippen LogP contribution is -2.41. The molecule has 0 radical (unpaired) electrons. The minimum absolute atomic E-state index is 0.102. The number of aliphatic hydroxyl groups is 1. The van der Waals surface area contributed by atoms with Crippen molar-refractivity contribution in [2.75, 3.05) is 13.2 Å². The molecule has 2 amide bonds. The van der Waals surface area contributed by atoms with Gasteiger partial charge in [-0.2, -0.15) is 0 Å². The van der Waals surface area contributed by atoms with Gasteiger partial charge in [-0.3, -0.25) is 4.79 Å². The number of imide groups is 1. The molecule has 0 spiro atoms. The second-order valence-corrected chi connectivity index (χ2v) is 13.8. The van der Waals surface area contributed by atoms with E-state index in [1.807, 2.05) is 30.3 Å². The van der Waals surface area contributed by atoms with Crippen LogP contribution in [0.3, 0.4) is 0 Å². The maximum absolute atomic E-state index is 12.9. The summed E-state index contributed by atoms with van der Waals surface area (Å²) in [5.74, 6) is -1.24. The van der Waals surface area contributed by atoms with Crippen LogP contribution in [-0.4, -0.2) is 49.6 Å². The molecule has 7 heteroatoms. The van der Waals surface area contributed by atoms with Gasteiger partial charge in [-0.25, -0.2) is 9.69 Å². The number of nitrogens with zero attached hydrogens (tertiary/aromatic N) is 1. The first-order valence-corrected chi connectivity index (χ1v) is 12.9. The van der Waals surface area contributed by atoms with Crippen molar-refractivity contribution in [3.8, 4) is 0 Å². The van der Waals surface area contributed by atoms with Crippen LogP contribution in [0.2, 0.25) is 18.1 Å². The summed E-state index contributed by atoms with van der Waals surface area (Å²) in [6, 6.07) is 8.81. The highest BCUT2D eigenvalue weighted by molar-refractivity contribution is 6.74. The Labute approximate surface area is 174 Å².